The van der Waals surface area contributed by atoms with Gasteiger partial charge in [-0.2, -0.15) is 0 Å². The predicted octanol–water partition coefficient (Wildman–Crippen LogP) is 2.33. The molecule has 0 heterocycles. The zero-order chi connectivity index (χ0) is 13.4. The van der Waals surface area contributed by atoms with Crippen LogP contribution in [0.25, 0.3) is 0 Å². The van der Waals surface area contributed by atoms with Gasteiger partial charge in [-0.25, -0.2) is 0 Å². The van der Waals surface area contributed by atoms with Gasteiger partial charge in [-0.1, -0.05) is 6.07 Å². The fraction of sp³-hybridized carbons (Fsp3) is 0.500. The van der Waals surface area contributed by atoms with Gasteiger partial charge in [-0.05, 0) is 32.9 Å². The lowest BCUT2D eigenvalue weighted by Gasteiger charge is -2.18. The van der Waals surface area contributed by atoms with Crippen molar-refractivity contribution in [1.82, 2.24) is 4.90 Å². The molecule has 0 aliphatic carbocycles. The summed E-state index contributed by atoms with van der Waals surface area (Å²) in [7, 11) is 0. The molecule has 0 saturated heterocycles. The number of carbonyl (C=O) groups excluding carboxylic acids is 1. The second-order valence-corrected chi connectivity index (χ2v) is 3.76. The summed E-state index contributed by atoms with van der Waals surface area (Å²) in [5, 5.41) is 0. The largest absolute Gasteiger partial charge is 0.494 e. The van der Waals surface area contributed by atoms with Crippen LogP contribution in [-0.4, -0.2) is 37.1 Å². The minimum absolute atomic E-state index is 0.00168. The Kier molecular flexibility index (Phi) is 6.05. The standard InChI is InChI=1S/C14H21NO3/c1-4-15(5-2)14(16)11-18-13-9-7-8-12(10-13)17-6-3/h7-10H,4-6,11H2,1-3H3. The molecule has 0 radical (unpaired) electrons. The average molecular weight is 251 g/mol. The zero-order valence-electron chi connectivity index (χ0n) is 11.3. The fourth-order valence-electron chi connectivity index (χ4n) is 1.63. The zero-order valence-corrected chi connectivity index (χ0v) is 11.3. The third-order valence-corrected chi connectivity index (χ3v) is 2.59. The second-order valence-electron chi connectivity index (χ2n) is 3.76. The Bertz CT molecular complexity index is 375. The number of carbonyl (C=O) groups is 1. The molecule has 0 atom stereocenters. The molecule has 0 aliphatic heterocycles. The summed E-state index contributed by atoms with van der Waals surface area (Å²) in [6.07, 6.45) is 0. The number of hydrogen-bond donors (Lipinski definition) is 0. The predicted molar refractivity (Wildman–Crippen MR) is 71.0 cm³/mol. The Morgan fingerprint density at radius 2 is 1.72 bits per heavy atom. The molecular weight excluding hydrogens is 230 g/mol. The van der Waals surface area contributed by atoms with Crippen LogP contribution in [0.3, 0.4) is 0 Å². The maximum atomic E-state index is 11.8. The van der Waals surface area contributed by atoms with Crippen LogP contribution in [0, 0.1) is 0 Å². The van der Waals surface area contributed by atoms with E-state index in [9.17, 15) is 4.79 Å². The van der Waals surface area contributed by atoms with Gasteiger partial charge in [0.05, 0.1) is 6.61 Å². The molecule has 4 heteroatoms. The first-order valence-electron chi connectivity index (χ1n) is 6.34. The first-order valence-corrected chi connectivity index (χ1v) is 6.34. The number of hydrogen-bond acceptors (Lipinski definition) is 3. The Balaban J connectivity index is 2.52. The molecule has 0 N–H and O–H groups in total. The van der Waals surface area contributed by atoms with Gasteiger partial charge in [0.2, 0.25) is 0 Å². The van der Waals surface area contributed by atoms with Crippen molar-refractivity contribution in [2.24, 2.45) is 0 Å². The summed E-state index contributed by atoms with van der Waals surface area (Å²) in [6, 6.07) is 7.32. The van der Waals surface area contributed by atoms with E-state index in [1.165, 1.54) is 0 Å². The normalized spacial score (nSPS) is 9.94. The summed E-state index contributed by atoms with van der Waals surface area (Å²) in [4.78, 5) is 13.5. The molecule has 1 amide bonds. The van der Waals surface area contributed by atoms with Crippen LogP contribution in [0.15, 0.2) is 24.3 Å². The van der Waals surface area contributed by atoms with Crippen molar-refractivity contribution in [3.63, 3.8) is 0 Å². The molecule has 0 fully saturated rings. The van der Waals surface area contributed by atoms with E-state index in [-0.39, 0.29) is 12.5 Å². The van der Waals surface area contributed by atoms with Crippen LogP contribution >= 0.6 is 0 Å². The SMILES string of the molecule is CCOc1cccc(OCC(=O)N(CC)CC)c1. The number of rotatable bonds is 7. The van der Waals surface area contributed by atoms with Gasteiger partial charge in [0.25, 0.3) is 5.91 Å². The first kappa shape index (κ1) is 14.4. The van der Waals surface area contributed by atoms with Crippen molar-refractivity contribution >= 4 is 5.91 Å². The summed E-state index contributed by atoms with van der Waals surface area (Å²) in [6.45, 7) is 7.93. The molecule has 0 saturated carbocycles. The Morgan fingerprint density at radius 1 is 1.11 bits per heavy atom. The van der Waals surface area contributed by atoms with Gasteiger partial charge in [0.15, 0.2) is 6.61 Å². The molecular formula is C14H21NO3. The molecule has 18 heavy (non-hydrogen) atoms. The third-order valence-electron chi connectivity index (χ3n) is 2.59. The summed E-state index contributed by atoms with van der Waals surface area (Å²) < 4.78 is 10.8. The monoisotopic (exact) mass is 251 g/mol. The number of nitrogens with zero attached hydrogens (tertiary/aromatic N) is 1. The van der Waals surface area contributed by atoms with E-state index in [0.29, 0.717) is 25.4 Å². The van der Waals surface area contributed by atoms with Crippen molar-refractivity contribution in [3.8, 4) is 11.5 Å². The van der Waals surface area contributed by atoms with Crippen molar-refractivity contribution in [1.29, 1.82) is 0 Å². The lowest BCUT2D eigenvalue weighted by molar-refractivity contribution is -0.132. The second kappa shape index (κ2) is 7.58. The van der Waals surface area contributed by atoms with Crippen molar-refractivity contribution in [2.75, 3.05) is 26.3 Å². The van der Waals surface area contributed by atoms with E-state index < -0.39 is 0 Å². The van der Waals surface area contributed by atoms with Crippen molar-refractivity contribution in [2.45, 2.75) is 20.8 Å². The highest BCUT2D eigenvalue weighted by Crippen LogP contribution is 2.19. The van der Waals surface area contributed by atoms with Gasteiger partial charge in [0.1, 0.15) is 11.5 Å². The molecule has 0 unspecified atom stereocenters. The van der Waals surface area contributed by atoms with Gasteiger partial charge in [-0.3, -0.25) is 4.79 Å². The molecule has 4 nitrogen and oxygen atoms in total. The van der Waals surface area contributed by atoms with Gasteiger partial charge in [0, 0.05) is 19.2 Å². The Labute approximate surface area is 108 Å². The molecule has 100 valence electrons. The van der Waals surface area contributed by atoms with Crippen LogP contribution < -0.4 is 9.47 Å². The molecule has 0 spiro atoms. The van der Waals surface area contributed by atoms with Crippen LogP contribution in [0.4, 0.5) is 0 Å². The lowest BCUT2D eigenvalue weighted by atomic mass is 10.3. The van der Waals surface area contributed by atoms with E-state index in [1.54, 1.807) is 11.0 Å². The van der Waals surface area contributed by atoms with Gasteiger partial charge < -0.3 is 14.4 Å². The van der Waals surface area contributed by atoms with E-state index in [0.717, 1.165) is 5.75 Å². The number of likely N-dealkylation sites (N-methyl/N-ethyl adjacent to an activating group) is 1. The average Bonchev–Trinajstić information content (AvgIpc) is 2.39. The first-order chi connectivity index (χ1) is 8.71. The quantitative estimate of drug-likeness (QED) is 0.746. The molecule has 0 bridgehead atoms. The summed E-state index contributed by atoms with van der Waals surface area (Å²) >= 11 is 0. The lowest BCUT2D eigenvalue weighted by Crippen LogP contribution is -2.34. The summed E-state index contributed by atoms with van der Waals surface area (Å²) in [5.74, 6) is 1.41. The van der Waals surface area contributed by atoms with E-state index in [4.69, 9.17) is 9.47 Å². The van der Waals surface area contributed by atoms with Gasteiger partial charge in [-0.15, -0.1) is 0 Å². The molecule has 1 aromatic carbocycles. The van der Waals surface area contributed by atoms with Crippen LogP contribution in [0.1, 0.15) is 20.8 Å². The maximum Gasteiger partial charge on any atom is 0.260 e. The number of amides is 1. The van der Waals surface area contributed by atoms with Crippen LogP contribution in [-0.2, 0) is 4.79 Å². The topological polar surface area (TPSA) is 38.8 Å². The maximum absolute atomic E-state index is 11.8. The van der Waals surface area contributed by atoms with Crippen LogP contribution in [0.2, 0.25) is 0 Å². The van der Waals surface area contributed by atoms with Gasteiger partial charge >= 0.3 is 0 Å². The van der Waals surface area contributed by atoms with E-state index in [1.807, 2.05) is 39.0 Å². The smallest absolute Gasteiger partial charge is 0.260 e. The third kappa shape index (κ3) is 4.28. The molecule has 1 rings (SSSR count). The van der Waals surface area contributed by atoms with Crippen LogP contribution in [0.5, 0.6) is 11.5 Å². The number of ether oxygens (including phenoxy) is 2. The fourth-order valence-corrected chi connectivity index (χ4v) is 1.63. The highest BCUT2D eigenvalue weighted by Gasteiger charge is 2.10. The Morgan fingerprint density at radius 3 is 2.28 bits per heavy atom. The van der Waals surface area contributed by atoms with Crippen molar-refractivity contribution < 1.29 is 14.3 Å². The highest BCUT2D eigenvalue weighted by molar-refractivity contribution is 5.77. The van der Waals surface area contributed by atoms with Crippen molar-refractivity contribution in [3.05, 3.63) is 24.3 Å². The number of benzene rings is 1. The van der Waals surface area contributed by atoms with E-state index >= 15 is 0 Å². The highest BCUT2D eigenvalue weighted by atomic mass is 16.5. The summed E-state index contributed by atoms with van der Waals surface area (Å²) in [5.41, 5.74) is 0. The molecule has 0 aliphatic rings. The van der Waals surface area contributed by atoms with E-state index in [2.05, 4.69) is 0 Å². The minimum Gasteiger partial charge on any atom is -0.494 e. The Hall–Kier alpha value is -1.71. The molecule has 0 aromatic heterocycles. The minimum atomic E-state index is 0.00168. The molecule has 1 aromatic rings.